The first kappa shape index (κ1) is 19.3. The van der Waals surface area contributed by atoms with Gasteiger partial charge in [-0.1, -0.05) is 0 Å². The quantitative estimate of drug-likeness (QED) is 0.592. The van der Waals surface area contributed by atoms with Crippen LogP contribution >= 0.6 is 0 Å². The molecule has 6 nitrogen and oxygen atoms in total. The van der Waals surface area contributed by atoms with Gasteiger partial charge >= 0.3 is 6.03 Å². The van der Waals surface area contributed by atoms with Crippen molar-refractivity contribution >= 4 is 23.3 Å². The van der Waals surface area contributed by atoms with Crippen LogP contribution in [0.5, 0.6) is 0 Å². The highest BCUT2D eigenvalue weighted by Gasteiger charge is 2.15. The molecule has 0 fully saturated rings. The van der Waals surface area contributed by atoms with Gasteiger partial charge in [0.15, 0.2) is 0 Å². The smallest absolute Gasteiger partial charge is 0.323 e. The number of urea groups is 1. The predicted octanol–water partition coefficient (Wildman–Crippen LogP) is 2.86. The first-order valence-electron chi connectivity index (χ1n) is 7.62. The molecule has 0 atom stereocenters. The predicted molar refractivity (Wildman–Crippen MR) is 89.4 cm³/mol. The van der Waals surface area contributed by atoms with Gasteiger partial charge in [0.25, 0.3) is 5.91 Å². The van der Waals surface area contributed by atoms with E-state index in [4.69, 9.17) is 5.11 Å². The summed E-state index contributed by atoms with van der Waals surface area (Å²) in [5, 5.41) is 15.7. The third-order valence-corrected chi connectivity index (χ3v) is 3.22. The molecular formula is C17H16F3N3O3. The summed E-state index contributed by atoms with van der Waals surface area (Å²) < 4.78 is 39.8. The van der Waals surface area contributed by atoms with Crippen molar-refractivity contribution in [2.45, 2.75) is 6.42 Å². The first-order chi connectivity index (χ1) is 12.4. The van der Waals surface area contributed by atoms with Crippen LogP contribution in [0.4, 0.5) is 29.3 Å². The first-order valence-corrected chi connectivity index (χ1v) is 7.62. The summed E-state index contributed by atoms with van der Waals surface area (Å²) in [6, 6.07) is 4.70. The Morgan fingerprint density at radius 3 is 2.27 bits per heavy atom. The number of carbonyl (C=O) groups is 2. The Morgan fingerprint density at radius 1 is 0.923 bits per heavy atom. The maximum Gasteiger partial charge on any atom is 0.323 e. The molecule has 0 aliphatic rings. The highest BCUT2D eigenvalue weighted by Crippen LogP contribution is 2.19. The summed E-state index contributed by atoms with van der Waals surface area (Å²) in [6.07, 6.45) is 0.335. The van der Waals surface area contributed by atoms with E-state index in [0.717, 1.165) is 24.3 Å². The number of hydrogen-bond acceptors (Lipinski definition) is 3. The van der Waals surface area contributed by atoms with E-state index in [1.165, 1.54) is 6.07 Å². The summed E-state index contributed by atoms with van der Waals surface area (Å²) in [6.45, 7) is 0.0856. The van der Waals surface area contributed by atoms with Crippen LogP contribution < -0.4 is 16.0 Å². The van der Waals surface area contributed by atoms with Crippen molar-refractivity contribution in [1.29, 1.82) is 0 Å². The molecular weight excluding hydrogens is 351 g/mol. The maximum atomic E-state index is 13.5. The van der Waals surface area contributed by atoms with Crippen LogP contribution in [0.3, 0.4) is 0 Å². The Labute approximate surface area is 147 Å². The van der Waals surface area contributed by atoms with E-state index < -0.39 is 29.4 Å². The normalized spacial score (nSPS) is 10.3. The zero-order valence-electron chi connectivity index (χ0n) is 13.5. The van der Waals surface area contributed by atoms with Crippen molar-refractivity contribution in [3.63, 3.8) is 0 Å². The van der Waals surface area contributed by atoms with Gasteiger partial charge in [-0.05, 0) is 36.8 Å². The van der Waals surface area contributed by atoms with Gasteiger partial charge < -0.3 is 21.1 Å². The molecule has 0 radical (unpaired) electrons. The van der Waals surface area contributed by atoms with Crippen molar-refractivity contribution < 1.29 is 27.9 Å². The molecule has 4 N–H and O–H groups in total. The average molecular weight is 367 g/mol. The van der Waals surface area contributed by atoms with Gasteiger partial charge in [-0.3, -0.25) is 4.79 Å². The van der Waals surface area contributed by atoms with Crippen LogP contribution in [-0.4, -0.2) is 30.2 Å². The lowest BCUT2D eigenvalue weighted by molar-refractivity contribution is 0.0952. The van der Waals surface area contributed by atoms with Crippen LogP contribution in [0.1, 0.15) is 16.8 Å². The van der Waals surface area contributed by atoms with Gasteiger partial charge in [0.2, 0.25) is 0 Å². The minimum atomic E-state index is -0.912. The number of aliphatic hydroxyl groups excluding tert-OH is 1. The molecule has 9 heteroatoms. The number of anilines is 2. The molecule has 0 heterocycles. The SMILES string of the molecule is O=C(Nc1cc(F)cc(F)c1)Nc1cc(F)ccc1C(=O)NCCCO. The number of amides is 3. The molecule has 0 aromatic heterocycles. The molecule has 0 spiro atoms. The molecule has 138 valence electrons. The molecule has 0 aliphatic heterocycles. The average Bonchev–Trinajstić information content (AvgIpc) is 2.53. The molecule has 0 saturated carbocycles. The van der Waals surface area contributed by atoms with Crippen LogP contribution in [0.25, 0.3) is 0 Å². The van der Waals surface area contributed by atoms with Crippen LogP contribution in [0, 0.1) is 17.5 Å². The monoisotopic (exact) mass is 367 g/mol. The fourth-order valence-corrected chi connectivity index (χ4v) is 2.10. The molecule has 2 aromatic carbocycles. The van der Waals surface area contributed by atoms with Crippen molar-refractivity contribution in [1.82, 2.24) is 5.32 Å². The Kier molecular flexibility index (Phi) is 6.56. The fraction of sp³-hybridized carbons (Fsp3) is 0.176. The minimum Gasteiger partial charge on any atom is -0.396 e. The second-order valence-electron chi connectivity index (χ2n) is 5.26. The molecule has 2 rings (SSSR count). The van der Waals surface area contributed by atoms with Gasteiger partial charge in [0, 0.05) is 24.9 Å². The lowest BCUT2D eigenvalue weighted by atomic mass is 10.1. The van der Waals surface area contributed by atoms with Crippen molar-refractivity contribution in [3.05, 3.63) is 59.4 Å². The molecule has 26 heavy (non-hydrogen) atoms. The number of benzene rings is 2. The topological polar surface area (TPSA) is 90.5 Å². The van der Waals surface area contributed by atoms with Gasteiger partial charge in [0.1, 0.15) is 17.5 Å². The summed E-state index contributed by atoms with van der Waals surface area (Å²) in [7, 11) is 0. The molecule has 3 amide bonds. The lowest BCUT2D eigenvalue weighted by Gasteiger charge is -2.12. The number of carbonyl (C=O) groups excluding carboxylic acids is 2. The number of aliphatic hydroxyl groups is 1. The van der Waals surface area contributed by atoms with Crippen LogP contribution in [-0.2, 0) is 0 Å². The Hall–Kier alpha value is -3.07. The Morgan fingerprint density at radius 2 is 1.62 bits per heavy atom. The summed E-state index contributed by atoms with van der Waals surface area (Å²) in [4.78, 5) is 24.1. The van der Waals surface area contributed by atoms with E-state index in [0.29, 0.717) is 12.5 Å². The highest BCUT2D eigenvalue weighted by atomic mass is 19.1. The van der Waals surface area contributed by atoms with E-state index >= 15 is 0 Å². The van der Waals surface area contributed by atoms with Crippen LogP contribution in [0.15, 0.2) is 36.4 Å². The van der Waals surface area contributed by atoms with Gasteiger partial charge in [-0.15, -0.1) is 0 Å². The van der Waals surface area contributed by atoms with Gasteiger partial charge in [-0.2, -0.15) is 0 Å². The van der Waals surface area contributed by atoms with Gasteiger partial charge in [-0.25, -0.2) is 18.0 Å². The molecule has 2 aromatic rings. The van der Waals surface area contributed by atoms with Crippen molar-refractivity contribution in [2.24, 2.45) is 0 Å². The standard InChI is InChI=1S/C17H16F3N3O3/c18-10-2-3-14(16(25)21-4-1-5-24)15(9-10)23-17(26)22-13-7-11(19)6-12(20)8-13/h2-3,6-9,24H,1,4-5H2,(H,21,25)(H2,22,23,26). The largest absolute Gasteiger partial charge is 0.396 e. The molecule has 0 bridgehead atoms. The zero-order chi connectivity index (χ0) is 19.1. The van der Waals surface area contributed by atoms with E-state index in [-0.39, 0.29) is 30.1 Å². The molecule has 0 saturated heterocycles. The molecule has 0 aliphatic carbocycles. The fourth-order valence-electron chi connectivity index (χ4n) is 2.10. The zero-order valence-corrected chi connectivity index (χ0v) is 13.5. The summed E-state index contributed by atoms with van der Waals surface area (Å²) in [5.41, 5.74) is -0.281. The second kappa shape index (κ2) is 8.86. The van der Waals surface area contributed by atoms with Crippen molar-refractivity contribution in [2.75, 3.05) is 23.8 Å². The minimum absolute atomic E-state index is 0.00934. The Bertz CT molecular complexity index is 795. The molecule has 0 unspecified atom stereocenters. The number of halogens is 3. The van der Waals surface area contributed by atoms with Crippen molar-refractivity contribution in [3.8, 4) is 0 Å². The summed E-state index contributed by atoms with van der Waals surface area (Å²) >= 11 is 0. The number of nitrogens with one attached hydrogen (secondary N) is 3. The third-order valence-electron chi connectivity index (χ3n) is 3.22. The van der Waals surface area contributed by atoms with E-state index in [1.54, 1.807) is 0 Å². The third kappa shape index (κ3) is 5.49. The number of hydrogen-bond donors (Lipinski definition) is 4. The maximum absolute atomic E-state index is 13.5. The van der Waals surface area contributed by atoms with Crippen LogP contribution in [0.2, 0.25) is 0 Å². The highest BCUT2D eigenvalue weighted by molar-refractivity contribution is 6.06. The van der Waals surface area contributed by atoms with Gasteiger partial charge in [0.05, 0.1) is 11.3 Å². The number of rotatable bonds is 6. The van der Waals surface area contributed by atoms with E-state index in [2.05, 4.69) is 16.0 Å². The van der Waals surface area contributed by atoms with E-state index in [1.807, 2.05) is 0 Å². The summed E-state index contributed by atoms with van der Waals surface area (Å²) in [5.74, 6) is -3.03. The Balaban J connectivity index is 2.13. The second-order valence-corrected chi connectivity index (χ2v) is 5.26. The lowest BCUT2D eigenvalue weighted by Crippen LogP contribution is -2.27. The van der Waals surface area contributed by atoms with E-state index in [9.17, 15) is 22.8 Å².